The van der Waals surface area contributed by atoms with Crippen molar-refractivity contribution in [2.45, 2.75) is 12.8 Å². The molecule has 0 aliphatic rings. The molecule has 7 nitrogen and oxygen atoms in total. The average Bonchev–Trinajstić information content (AvgIpc) is 3.06. The van der Waals surface area contributed by atoms with E-state index in [-0.39, 0.29) is 12.5 Å². The van der Waals surface area contributed by atoms with Gasteiger partial charge in [0.25, 0.3) is 11.8 Å². The van der Waals surface area contributed by atoms with Gasteiger partial charge >= 0.3 is 0 Å². The van der Waals surface area contributed by atoms with Gasteiger partial charge < -0.3 is 20.8 Å². The second-order valence-corrected chi connectivity index (χ2v) is 5.81. The third-order valence-electron chi connectivity index (χ3n) is 3.82. The summed E-state index contributed by atoms with van der Waals surface area (Å²) in [7, 11) is 0. The highest BCUT2D eigenvalue weighted by Gasteiger charge is 2.12. The number of aromatic nitrogens is 2. The van der Waals surface area contributed by atoms with Crippen LogP contribution in [0.25, 0.3) is 11.0 Å². The van der Waals surface area contributed by atoms with Crippen LogP contribution in [0.2, 0.25) is 0 Å². The van der Waals surface area contributed by atoms with E-state index in [0.717, 1.165) is 29.7 Å². The van der Waals surface area contributed by atoms with Crippen molar-refractivity contribution in [3.05, 3.63) is 59.9 Å². The minimum absolute atomic E-state index is 0.255. The van der Waals surface area contributed by atoms with Crippen molar-refractivity contribution >= 4 is 22.8 Å². The van der Waals surface area contributed by atoms with Crippen molar-refractivity contribution in [3.63, 3.8) is 0 Å². The molecule has 26 heavy (non-hydrogen) atoms. The molecule has 2 amide bonds. The van der Waals surface area contributed by atoms with Crippen LogP contribution < -0.4 is 15.8 Å². The number of aromatic amines is 1. The van der Waals surface area contributed by atoms with Gasteiger partial charge in [0, 0.05) is 13.0 Å². The quantitative estimate of drug-likeness (QED) is 0.537. The number of para-hydroxylation sites is 3. The van der Waals surface area contributed by atoms with Gasteiger partial charge in [-0.05, 0) is 30.7 Å². The molecule has 7 heteroatoms. The summed E-state index contributed by atoms with van der Waals surface area (Å²) < 4.78 is 5.28. The lowest BCUT2D eigenvalue weighted by Gasteiger charge is -2.10. The van der Waals surface area contributed by atoms with E-state index in [0.29, 0.717) is 17.9 Å². The van der Waals surface area contributed by atoms with Crippen molar-refractivity contribution in [2.24, 2.45) is 5.73 Å². The van der Waals surface area contributed by atoms with Crippen LogP contribution in [-0.2, 0) is 11.2 Å². The number of primary amides is 1. The Balaban J connectivity index is 1.51. The Bertz CT molecular complexity index is 887. The first-order chi connectivity index (χ1) is 12.6. The summed E-state index contributed by atoms with van der Waals surface area (Å²) in [6.07, 6.45) is 1.48. The number of aryl methyl sites for hydroxylation is 1. The maximum Gasteiger partial charge on any atom is 0.255 e. The molecule has 0 fully saturated rings. The van der Waals surface area contributed by atoms with E-state index in [2.05, 4.69) is 15.3 Å². The minimum atomic E-state index is -0.592. The van der Waals surface area contributed by atoms with Crippen LogP contribution in [0.3, 0.4) is 0 Å². The van der Waals surface area contributed by atoms with Gasteiger partial charge in [0.1, 0.15) is 11.6 Å². The molecule has 0 atom stereocenters. The summed E-state index contributed by atoms with van der Waals surface area (Å²) in [5.74, 6) is 0.382. The van der Waals surface area contributed by atoms with Crippen molar-refractivity contribution in [1.82, 2.24) is 15.3 Å². The fraction of sp³-hybridized carbons (Fsp3) is 0.211. The molecule has 0 saturated heterocycles. The fourth-order valence-corrected chi connectivity index (χ4v) is 2.61. The SMILES string of the molecule is NC(=O)COc1ccccc1C(=O)NCCCc1nc2ccccc2[nH]1. The maximum atomic E-state index is 12.3. The molecule has 2 aromatic carbocycles. The first-order valence-corrected chi connectivity index (χ1v) is 8.35. The van der Waals surface area contributed by atoms with Gasteiger partial charge in [0.2, 0.25) is 0 Å². The fourth-order valence-electron chi connectivity index (χ4n) is 2.61. The number of nitrogens with zero attached hydrogens (tertiary/aromatic N) is 1. The van der Waals surface area contributed by atoms with Gasteiger partial charge in [-0.15, -0.1) is 0 Å². The lowest BCUT2D eigenvalue weighted by atomic mass is 10.2. The second-order valence-electron chi connectivity index (χ2n) is 5.81. The van der Waals surface area contributed by atoms with Crippen LogP contribution in [-0.4, -0.2) is 34.9 Å². The summed E-state index contributed by atoms with van der Waals surface area (Å²) in [4.78, 5) is 31.0. The van der Waals surface area contributed by atoms with E-state index < -0.39 is 5.91 Å². The molecular weight excluding hydrogens is 332 g/mol. The van der Waals surface area contributed by atoms with Gasteiger partial charge in [-0.1, -0.05) is 24.3 Å². The normalized spacial score (nSPS) is 10.6. The number of carbonyl (C=O) groups is 2. The highest BCUT2D eigenvalue weighted by Crippen LogP contribution is 2.17. The Labute approximate surface area is 150 Å². The number of rotatable bonds is 8. The van der Waals surface area contributed by atoms with Gasteiger partial charge in [-0.2, -0.15) is 0 Å². The third-order valence-corrected chi connectivity index (χ3v) is 3.82. The van der Waals surface area contributed by atoms with E-state index in [1.54, 1.807) is 24.3 Å². The highest BCUT2D eigenvalue weighted by molar-refractivity contribution is 5.97. The highest BCUT2D eigenvalue weighted by atomic mass is 16.5. The Kier molecular flexibility index (Phi) is 5.48. The topological polar surface area (TPSA) is 110 Å². The van der Waals surface area contributed by atoms with E-state index in [9.17, 15) is 9.59 Å². The van der Waals surface area contributed by atoms with E-state index in [1.165, 1.54) is 0 Å². The van der Waals surface area contributed by atoms with Gasteiger partial charge in [0.05, 0.1) is 16.6 Å². The van der Waals surface area contributed by atoms with E-state index in [1.807, 2.05) is 24.3 Å². The molecule has 0 aliphatic heterocycles. The lowest BCUT2D eigenvalue weighted by molar-refractivity contribution is -0.119. The number of nitrogens with two attached hydrogens (primary N) is 1. The molecule has 1 heterocycles. The number of imidazole rings is 1. The van der Waals surface area contributed by atoms with Crippen molar-refractivity contribution < 1.29 is 14.3 Å². The monoisotopic (exact) mass is 352 g/mol. The number of fused-ring (bicyclic) bond motifs is 1. The predicted octanol–water partition coefficient (Wildman–Crippen LogP) is 1.79. The number of hydrogen-bond donors (Lipinski definition) is 3. The lowest BCUT2D eigenvalue weighted by Crippen LogP contribution is -2.26. The molecular formula is C19H20N4O3. The summed E-state index contributed by atoms with van der Waals surface area (Å²) >= 11 is 0. The van der Waals surface area contributed by atoms with Gasteiger partial charge in [-0.3, -0.25) is 9.59 Å². The largest absolute Gasteiger partial charge is 0.483 e. The zero-order valence-corrected chi connectivity index (χ0v) is 14.2. The van der Waals surface area contributed by atoms with Crippen LogP contribution in [0, 0.1) is 0 Å². The van der Waals surface area contributed by atoms with Crippen molar-refractivity contribution in [3.8, 4) is 5.75 Å². The number of ether oxygens (including phenoxy) is 1. The molecule has 0 bridgehead atoms. The molecule has 4 N–H and O–H groups in total. The van der Waals surface area contributed by atoms with Crippen molar-refractivity contribution in [2.75, 3.05) is 13.2 Å². The minimum Gasteiger partial charge on any atom is -0.483 e. The molecule has 0 aliphatic carbocycles. The summed E-state index contributed by atoms with van der Waals surface area (Å²) in [6.45, 7) is 0.233. The molecule has 0 unspecified atom stereocenters. The number of carbonyl (C=O) groups excluding carboxylic acids is 2. The van der Waals surface area contributed by atoms with Crippen LogP contribution in [0.1, 0.15) is 22.6 Å². The molecule has 0 radical (unpaired) electrons. The number of benzene rings is 2. The molecule has 3 rings (SSSR count). The standard InChI is InChI=1S/C19H20N4O3/c20-17(24)12-26-16-9-4-1-6-13(16)19(25)21-11-5-10-18-22-14-7-2-3-8-15(14)23-18/h1-4,6-9H,5,10-12H2,(H2,20,24)(H,21,25)(H,22,23). The summed E-state index contributed by atoms with van der Waals surface area (Å²) in [6, 6.07) is 14.6. The maximum absolute atomic E-state index is 12.3. The van der Waals surface area contributed by atoms with Crippen LogP contribution in [0.4, 0.5) is 0 Å². The summed E-state index contributed by atoms with van der Waals surface area (Å²) in [5.41, 5.74) is 7.39. The van der Waals surface area contributed by atoms with E-state index in [4.69, 9.17) is 10.5 Å². The molecule has 3 aromatic rings. The smallest absolute Gasteiger partial charge is 0.255 e. The molecule has 1 aromatic heterocycles. The number of amides is 2. The Morgan fingerprint density at radius 1 is 1.12 bits per heavy atom. The second kappa shape index (κ2) is 8.15. The number of nitrogens with one attached hydrogen (secondary N) is 2. The van der Waals surface area contributed by atoms with E-state index >= 15 is 0 Å². The molecule has 134 valence electrons. The molecule has 0 saturated carbocycles. The zero-order valence-electron chi connectivity index (χ0n) is 14.2. The molecule has 0 spiro atoms. The van der Waals surface area contributed by atoms with Gasteiger partial charge in [-0.25, -0.2) is 4.98 Å². The Morgan fingerprint density at radius 3 is 2.69 bits per heavy atom. The first kappa shape index (κ1) is 17.5. The average molecular weight is 352 g/mol. The van der Waals surface area contributed by atoms with Crippen LogP contribution in [0.15, 0.2) is 48.5 Å². The van der Waals surface area contributed by atoms with Gasteiger partial charge in [0.15, 0.2) is 6.61 Å². The van der Waals surface area contributed by atoms with Crippen LogP contribution >= 0.6 is 0 Å². The zero-order chi connectivity index (χ0) is 18.4. The van der Waals surface area contributed by atoms with Crippen molar-refractivity contribution in [1.29, 1.82) is 0 Å². The first-order valence-electron chi connectivity index (χ1n) is 8.35. The number of H-pyrrole nitrogens is 1. The predicted molar refractivity (Wildman–Crippen MR) is 97.9 cm³/mol. The summed E-state index contributed by atoms with van der Waals surface area (Å²) in [5, 5.41) is 2.85. The number of hydrogen-bond acceptors (Lipinski definition) is 4. The third kappa shape index (κ3) is 4.38. The Hall–Kier alpha value is -3.35. The van der Waals surface area contributed by atoms with Crippen LogP contribution in [0.5, 0.6) is 5.75 Å². The Morgan fingerprint density at radius 2 is 1.88 bits per heavy atom.